The second kappa shape index (κ2) is 7.61. The van der Waals surface area contributed by atoms with Gasteiger partial charge in [-0.25, -0.2) is 9.59 Å². The van der Waals surface area contributed by atoms with Crippen LogP contribution in [0.1, 0.15) is 25.7 Å². The lowest BCUT2D eigenvalue weighted by Crippen LogP contribution is -2.54. The van der Waals surface area contributed by atoms with Gasteiger partial charge in [0, 0.05) is 39.3 Å². The van der Waals surface area contributed by atoms with Crippen LogP contribution in [0.3, 0.4) is 0 Å². The maximum absolute atomic E-state index is 12.0. The smallest absolute Gasteiger partial charge is 0.334 e. The first-order valence-electron chi connectivity index (χ1n) is 7.64. The Morgan fingerprint density at radius 3 is 2.38 bits per heavy atom. The molecule has 1 saturated carbocycles. The summed E-state index contributed by atoms with van der Waals surface area (Å²) >= 11 is 0. The fourth-order valence-electron chi connectivity index (χ4n) is 3.12. The predicted molar refractivity (Wildman–Crippen MR) is 77.2 cm³/mol. The van der Waals surface area contributed by atoms with Gasteiger partial charge in [-0.3, -0.25) is 4.90 Å². The number of amides is 2. The van der Waals surface area contributed by atoms with Crippen LogP contribution in [0.5, 0.6) is 0 Å². The maximum atomic E-state index is 12.0. The van der Waals surface area contributed by atoms with Crippen molar-refractivity contribution >= 4 is 12.0 Å². The standard InChI is InChI=1S/C14H25N3O4/c1-21-12(13(18)19)10-15-14(20)17-8-6-16(7-9-17)11-4-2-3-5-11/h11-12H,2-10H2,1H3,(H,15,20)(H,18,19). The van der Waals surface area contributed by atoms with E-state index in [0.717, 1.165) is 13.1 Å². The number of aliphatic carboxylic acids is 1. The minimum absolute atomic E-state index is 0.00644. The van der Waals surface area contributed by atoms with Crippen molar-refractivity contribution < 1.29 is 19.4 Å². The molecule has 2 fully saturated rings. The Labute approximate surface area is 125 Å². The van der Waals surface area contributed by atoms with E-state index >= 15 is 0 Å². The lowest BCUT2D eigenvalue weighted by molar-refractivity contribution is -0.148. The summed E-state index contributed by atoms with van der Waals surface area (Å²) in [6.07, 6.45) is 4.20. The van der Waals surface area contributed by atoms with Crippen molar-refractivity contribution in [2.45, 2.75) is 37.8 Å². The van der Waals surface area contributed by atoms with Crippen molar-refractivity contribution in [3.05, 3.63) is 0 Å². The van der Waals surface area contributed by atoms with Gasteiger partial charge < -0.3 is 20.1 Å². The molecule has 0 aromatic heterocycles. The van der Waals surface area contributed by atoms with Crippen LogP contribution in [0, 0.1) is 0 Å². The van der Waals surface area contributed by atoms with Crippen LogP contribution >= 0.6 is 0 Å². The quantitative estimate of drug-likeness (QED) is 0.766. The summed E-state index contributed by atoms with van der Waals surface area (Å²) in [6.45, 7) is 3.21. The molecule has 21 heavy (non-hydrogen) atoms. The Hall–Kier alpha value is -1.34. The van der Waals surface area contributed by atoms with E-state index in [1.54, 1.807) is 4.90 Å². The molecular weight excluding hydrogens is 274 g/mol. The molecule has 7 heteroatoms. The summed E-state index contributed by atoms with van der Waals surface area (Å²) in [6, 6.07) is 0.490. The van der Waals surface area contributed by atoms with E-state index < -0.39 is 12.1 Å². The van der Waals surface area contributed by atoms with E-state index in [2.05, 4.69) is 10.2 Å². The van der Waals surface area contributed by atoms with E-state index in [9.17, 15) is 9.59 Å². The van der Waals surface area contributed by atoms with Crippen LogP contribution in [-0.4, -0.2) is 78.9 Å². The Balaban J connectivity index is 1.71. The van der Waals surface area contributed by atoms with Gasteiger partial charge in [0.2, 0.25) is 0 Å². The van der Waals surface area contributed by atoms with Gasteiger partial charge in [-0.15, -0.1) is 0 Å². The van der Waals surface area contributed by atoms with Gasteiger partial charge in [0.25, 0.3) is 0 Å². The summed E-state index contributed by atoms with van der Waals surface area (Å²) in [5.41, 5.74) is 0. The first kappa shape index (κ1) is 16.0. The van der Waals surface area contributed by atoms with E-state index in [4.69, 9.17) is 9.84 Å². The molecule has 2 aliphatic rings. The average molecular weight is 299 g/mol. The van der Waals surface area contributed by atoms with Crippen LogP contribution < -0.4 is 5.32 Å². The SMILES string of the molecule is COC(CNC(=O)N1CCN(C2CCCC2)CC1)C(=O)O. The van der Waals surface area contributed by atoms with Gasteiger partial charge in [-0.2, -0.15) is 0 Å². The van der Waals surface area contributed by atoms with Crippen molar-refractivity contribution in [1.82, 2.24) is 15.1 Å². The second-order valence-electron chi connectivity index (χ2n) is 5.71. The zero-order valence-electron chi connectivity index (χ0n) is 12.6. The molecule has 1 atom stereocenters. The number of nitrogens with one attached hydrogen (secondary N) is 1. The van der Waals surface area contributed by atoms with E-state index in [0.29, 0.717) is 19.1 Å². The van der Waals surface area contributed by atoms with Crippen molar-refractivity contribution in [2.75, 3.05) is 39.8 Å². The number of nitrogens with zero attached hydrogens (tertiary/aromatic N) is 2. The van der Waals surface area contributed by atoms with Crippen molar-refractivity contribution in [1.29, 1.82) is 0 Å². The number of hydrogen-bond donors (Lipinski definition) is 2. The van der Waals surface area contributed by atoms with Gasteiger partial charge in [0.15, 0.2) is 6.10 Å². The molecule has 120 valence electrons. The third-order valence-electron chi connectivity index (χ3n) is 4.44. The van der Waals surface area contributed by atoms with Gasteiger partial charge in [0.1, 0.15) is 0 Å². The number of carbonyl (C=O) groups excluding carboxylic acids is 1. The monoisotopic (exact) mass is 299 g/mol. The normalized spacial score (nSPS) is 22.2. The summed E-state index contributed by atoms with van der Waals surface area (Å²) in [5, 5.41) is 11.5. The highest BCUT2D eigenvalue weighted by Gasteiger charge is 2.28. The molecule has 0 radical (unpaired) electrons. The third kappa shape index (κ3) is 4.31. The lowest BCUT2D eigenvalue weighted by atomic mass is 10.2. The van der Waals surface area contributed by atoms with Gasteiger partial charge >= 0.3 is 12.0 Å². The van der Waals surface area contributed by atoms with Crippen molar-refractivity contribution in [2.24, 2.45) is 0 Å². The molecule has 0 aromatic rings. The minimum atomic E-state index is -1.07. The number of carbonyl (C=O) groups is 2. The summed E-state index contributed by atoms with van der Waals surface area (Å²) in [4.78, 5) is 27.1. The predicted octanol–water partition coefficient (Wildman–Crippen LogP) is 0.356. The molecule has 1 aliphatic heterocycles. The molecule has 7 nitrogen and oxygen atoms in total. The first-order valence-corrected chi connectivity index (χ1v) is 7.64. The van der Waals surface area contributed by atoms with Crippen LogP contribution in [-0.2, 0) is 9.53 Å². The van der Waals surface area contributed by atoms with Crippen molar-refractivity contribution in [3.8, 4) is 0 Å². The zero-order chi connectivity index (χ0) is 15.2. The van der Waals surface area contributed by atoms with Crippen LogP contribution in [0.25, 0.3) is 0 Å². The molecule has 1 heterocycles. The highest BCUT2D eigenvalue weighted by molar-refractivity contribution is 5.77. The molecule has 1 unspecified atom stereocenters. The molecule has 0 spiro atoms. The van der Waals surface area contributed by atoms with Crippen LogP contribution in [0.15, 0.2) is 0 Å². The number of piperazine rings is 1. The average Bonchev–Trinajstić information content (AvgIpc) is 3.01. The Bertz CT molecular complexity index is 363. The van der Waals surface area contributed by atoms with E-state index in [1.807, 2.05) is 0 Å². The van der Waals surface area contributed by atoms with Crippen molar-refractivity contribution in [3.63, 3.8) is 0 Å². The molecule has 2 amide bonds. The Kier molecular flexibility index (Phi) is 5.81. The number of hydrogen-bond acceptors (Lipinski definition) is 4. The lowest BCUT2D eigenvalue weighted by Gasteiger charge is -2.38. The molecule has 2 N–H and O–H groups in total. The fourth-order valence-corrected chi connectivity index (χ4v) is 3.12. The third-order valence-corrected chi connectivity index (χ3v) is 4.44. The highest BCUT2D eigenvalue weighted by atomic mass is 16.5. The number of methoxy groups -OCH3 is 1. The molecule has 1 saturated heterocycles. The van der Waals surface area contributed by atoms with Gasteiger partial charge in [-0.1, -0.05) is 12.8 Å². The Morgan fingerprint density at radius 2 is 1.86 bits per heavy atom. The number of ether oxygens (including phenoxy) is 1. The highest BCUT2D eigenvalue weighted by Crippen LogP contribution is 2.24. The number of urea groups is 1. The molecule has 2 rings (SSSR count). The number of carboxylic acid groups (broad SMARTS) is 1. The molecule has 1 aliphatic carbocycles. The largest absolute Gasteiger partial charge is 0.479 e. The number of rotatable bonds is 5. The number of carboxylic acids is 1. The van der Waals surface area contributed by atoms with Crippen LogP contribution in [0.2, 0.25) is 0 Å². The molecular formula is C14H25N3O4. The summed E-state index contributed by atoms with van der Waals surface area (Å²) < 4.78 is 4.79. The van der Waals surface area contributed by atoms with Gasteiger partial charge in [0.05, 0.1) is 6.54 Å². The van der Waals surface area contributed by atoms with Gasteiger partial charge in [-0.05, 0) is 12.8 Å². The summed E-state index contributed by atoms with van der Waals surface area (Å²) in [5.74, 6) is -1.07. The Morgan fingerprint density at radius 1 is 1.24 bits per heavy atom. The minimum Gasteiger partial charge on any atom is -0.479 e. The van der Waals surface area contributed by atoms with E-state index in [-0.39, 0.29) is 12.6 Å². The second-order valence-corrected chi connectivity index (χ2v) is 5.71. The first-order chi connectivity index (χ1) is 10.1. The summed E-state index contributed by atoms with van der Waals surface area (Å²) in [7, 11) is 1.32. The molecule has 0 bridgehead atoms. The topological polar surface area (TPSA) is 82.1 Å². The zero-order valence-corrected chi connectivity index (χ0v) is 12.6. The molecule has 0 aromatic carbocycles. The van der Waals surface area contributed by atoms with E-state index in [1.165, 1.54) is 32.8 Å². The maximum Gasteiger partial charge on any atom is 0.334 e. The fraction of sp³-hybridized carbons (Fsp3) is 0.857. The van der Waals surface area contributed by atoms with Crippen LogP contribution in [0.4, 0.5) is 4.79 Å².